The first-order valence-electron chi connectivity index (χ1n) is 7.65. The number of rotatable bonds is 2. The quantitative estimate of drug-likeness (QED) is 0.840. The highest BCUT2D eigenvalue weighted by molar-refractivity contribution is 5.50. The SMILES string of the molecule is CC(C)(C)c1cc([C@H](N)C2CC2)c(O)c(C(C)(C)C)c1. The first kappa shape index (κ1) is 15.4. The first-order chi connectivity index (χ1) is 9.01. The topological polar surface area (TPSA) is 46.2 Å². The predicted molar refractivity (Wildman–Crippen MR) is 85.2 cm³/mol. The number of phenolic OH excluding ortho intramolecular Hbond substituents is 1. The Kier molecular flexibility index (Phi) is 3.66. The standard InChI is InChI=1S/C18H29NO/c1-17(2,3)12-9-13(15(19)11-7-8-11)16(20)14(10-12)18(4,5)6/h9-11,15,20H,7-8,19H2,1-6H3/t15-/m1/s1. The highest BCUT2D eigenvalue weighted by Gasteiger charge is 2.34. The van der Waals surface area contributed by atoms with Crippen molar-refractivity contribution < 1.29 is 5.11 Å². The third-order valence-electron chi connectivity index (χ3n) is 4.30. The van der Waals surface area contributed by atoms with Gasteiger partial charge >= 0.3 is 0 Å². The second-order valence-electron chi connectivity index (χ2n) is 8.32. The molecule has 0 saturated heterocycles. The Labute approximate surface area is 123 Å². The van der Waals surface area contributed by atoms with Crippen LogP contribution < -0.4 is 5.73 Å². The van der Waals surface area contributed by atoms with E-state index in [9.17, 15) is 5.11 Å². The fourth-order valence-electron chi connectivity index (χ4n) is 2.63. The summed E-state index contributed by atoms with van der Waals surface area (Å²) in [4.78, 5) is 0. The first-order valence-corrected chi connectivity index (χ1v) is 7.65. The fraction of sp³-hybridized carbons (Fsp3) is 0.667. The van der Waals surface area contributed by atoms with Crippen LogP contribution in [0.1, 0.15) is 77.1 Å². The zero-order valence-corrected chi connectivity index (χ0v) is 13.7. The minimum absolute atomic E-state index is 0.0293. The van der Waals surface area contributed by atoms with E-state index in [1.54, 1.807) is 0 Å². The average Bonchev–Trinajstić information content (AvgIpc) is 3.08. The molecule has 0 amide bonds. The van der Waals surface area contributed by atoms with Crippen molar-refractivity contribution in [2.24, 2.45) is 11.7 Å². The summed E-state index contributed by atoms with van der Waals surface area (Å²) >= 11 is 0. The lowest BCUT2D eigenvalue weighted by molar-refractivity contribution is 0.428. The van der Waals surface area contributed by atoms with Crippen LogP contribution in [0, 0.1) is 5.92 Å². The molecule has 3 N–H and O–H groups in total. The molecule has 0 radical (unpaired) electrons. The van der Waals surface area contributed by atoms with Gasteiger partial charge in [-0.3, -0.25) is 0 Å². The summed E-state index contributed by atoms with van der Waals surface area (Å²) in [6, 6.07) is 4.24. The molecular weight excluding hydrogens is 246 g/mol. The van der Waals surface area contributed by atoms with Gasteiger partial charge in [-0.25, -0.2) is 0 Å². The molecule has 1 fully saturated rings. The maximum Gasteiger partial charge on any atom is 0.124 e. The lowest BCUT2D eigenvalue weighted by Gasteiger charge is -2.29. The molecule has 2 heteroatoms. The van der Waals surface area contributed by atoms with Crippen LogP contribution in [0.25, 0.3) is 0 Å². The van der Waals surface area contributed by atoms with Gasteiger partial charge in [-0.2, -0.15) is 0 Å². The lowest BCUT2D eigenvalue weighted by atomic mass is 9.78. The molecule has 0 aliphatic heterocycles. The van der Waals surface area contributed by atoms with Gasteiger partial charge in [0, 0.05) is 11.6 Å². The smallest absolute Gasteiger partial charge is 0.124 e. The van der Waals surface area contributed by atoms with E-state index in [2.05, 4.69) is 53.7 Å². The maximum atomic E-state index is 10.7. The van der Waals surface area contributed by atoms with Gasteiger partial charge in [0.15, 0.2) is 0 Å². The molecule has 112 valence electrons. The van der Waals surface area contributed by atoms with Crippen molar-refractivity contribution in [1.29, 1.82) is 0 Å². The van der Waals surface area contributed by atoms with E-state index >= 15 is 0 Å². The maximum absolute atomic E-state index is 10.7. The largest absolute Gasteiger partial charge is 0.507 e. The van der Waals surface area contributed by atoms with Gasteiger partial charge in [-0.1, -0.05) is 47.6 Å². The van der Waals surface area contributed by atoms with Gasteiger partial charge in [0.2, 0.25) is 0 Å². The number of hydrogen-bond donors (Lipinski definition) is 2. The predicted octanol–water partition coefficient (Wildman–Crippen LogP) is 4.40. The van der Waals surface area contributed by atoms with E-state index in [0.29, 0.717) is 11.7 Å². The van der Waals surface area contributed by atoms with Crippen molar-refractivity contribution in [2.45, 2.75) is 71.3 Å². The zero-order chi connectivity index (χ0) is 15.3. The van der Waals surface area contributed by atoms with E-state index in [1.165, 1.54) is 18.4 Å². The Bertz CT molecular complexity index is 501. The molecule has 1 aromatic rings. The summed E-state index contributed by atoms with van der Waals surface area (Å²) in [5.74, 6) is 0.953. The lowest BCUT2D eigenvalue weighted by Crippen LogP contribution is -2.20. The number of aromatic hydroxyl groups is 1. The van der Waals surface area contributed by atoms with Crippen molar-refractivity contribution in [1.82, 2.24) is 0 Å². The Balaban J connectivity index is 2.60. The van der Waals surface area contributed by atoms with Crippen LogP contribution in [0.5, 0.6) is 5.75 Å². The van der Waals surface area contributed by atoms with Gasteiger partial charge in [0.05, 0.1) is 0 Å². The van der Waals surface area contributed by atoms with Crippen molar-refractivity contribution in [3.05, 3.63) is 28.8 Å². The van der Waals surface area contributed by atoms with E-state index in [0.717, 1.165) is 11.1 Å². The minimum Gasteiger partial charge on any atom is -0.507 e. The molecule has 1 aromatic carbocycles. The second kappa shape index (κ2) is 4.77. The van der Waals surface area contributed by atoms with Crippen LogP contribution in [-0.2, 0) is 10.8 Å². The summed E-state index contributed by atoms with van der Waals surface area (Å²) in [5, 5.41) is 10.7. The van der Waals surface area contributed by atoms with Crippen LogP contribution in [-0.4, -0.2) is 5.11 Å². The van der Waals surface area contributed by atoms with Gasteiger partial charge < -0.3 is 10.8 Å². The summed E-state index contributed by atoms with van der Waals surface area (Å²) in [6.45, 7) is 13.0. The van der Waals surface area contributed by atoms with E-state index in [1.807, 2.05) is 0 Å². The second-order valence-corrected chi connectivity index (χ2v) is 8.32. The molecule has 20 heavy (non-hydrogen) atoms. The van der Waals surface area contributed by atoms with Crippen LogP contribution in [0.4, 0.5) is 0 Å². The molecule has 0 bridgehead atoms. The van der Waals surface area contributed by atoms with E-state index in [-0.39, 0.29) is 16.9 Å². The van der Waals surface area contributed by atoms with Gasteiger partial charge in [-0.05, 0) is 46.8 Å². The molecule has 1 atom stereocenters. The van der Waals surface area contributed by atoms with E-state index < -0.39 is 0 Å². The highest BCUT2D eigenvalue weighted by atomic mass is 16.3. The van der Waals surface area contributed by atoms with Crippen molar-refractivity contribution in [2.75, 3.05) is 0 Å². The summed E-state index contributed by atoms with van der Waals surface area (Å²) in [6.07, 6.45) is 2.37. The van der Waals surface area contributed by atoms with Crippen LogP contribution in [0.3, 0.4) is 0 Å². The molecular formula is C18H29NO. The van der Waals surface area contributed by atoms with Crippen molar-refractivity contribution in [3.63, 3.8) is 0 Å². The van der Waals surface area contributed by atoms with Crippen LogP contribution >= 0.6 is 0 Å². The van der Waals surface area contributed by atoms with Gasteiger partial charge in [-0.15, -0.1) is 0 Å². The Morgan fingerprint density at radius 1 is 1.05 bits per heavy atom. The number of hydrogen-bond acceptors (Lipinski definition) is 2. The van der Waals surface area contributed by atoms with Crippen molar-refractivity contribution in [3.8, 4) is 5.75 Å². The average molecular weight is 275 g/mol. The highest BCUT2D eigenvalue weighted by Crippen LogP contribution is 2.46. The van der Waals surface area contributed by atoms with Crippen molar-refractivity contribution >= 4 is 0 Å². The fourth-order valence-corrected chi connectivity index (χ4v) is 2.63. The molecule has 2 nitrogen and oxygen atoms in total. The minimum atomic E-state index is -0.0800. The molecule has 0 spiro atoms. The molecule has 0 unspecified atom stereocenters. The van der Waals surface area contributed by atoms with Crippen LogP contribution in [0.2, 0.25) is 0 Å². The monoisotopic (exact) mass is 275 g/mol. The number of nitrogens with two attached hydrogens (primary N) is 1. The number of benzene rings is 1. The summed E-state index contributed by atoms with van der Waals surface area (Å²) in [7, 11) is 0. The Morgan fingerprint density at radius 2 is 1.60 bits per heavy atom. The van der Waals surface area contributed by atoms with Crippen LogP contribution in [0.15, 0.2) is 12.1 Å². The van der Waals surface area contributed by atoms with Gasteiger partial charge in [0.1, 0.15) is 5.75 Å². The number of phenols is 1. The molecule has 1 aliphatic carbocycles. The molecule has 1 saturated carbocycles. The summed E-state index contributed by atoms with van der Waals surface area (Å²) in [5.41, 5.74) is 9.55. The molecule has 0 heterocycles. The van der Waals surface area contributed by atoms with Gasteiger partial charge in [0.25, 0.3) is 0 Å². The molecule has 1 aliphatic rings. The third kappa shape index (κ3) is 3.01. The Morgan fingerprint density at radius 3 is 2.00 bits per heavy atom. The zero-order valence-electron chi connectivity index (χ0n) is 13.7. The molecule has 2 rings (SSSR count). The Hall–Kier alpha value is -1.02. The molecule has 0 aromatic heterocycles. The normalized spacial score (nSPS) is 18.1. The van der Waals surface area contributed by atoms with E-state index in [4.69, 9.17) is 5.73 Å². The summed E-state index contributed by atoms with van der Waals surface area (Å²) < 4.78 is 0. The third-order valence-corrected chi connectivity index (χ3v) is 4.30.